The van der Waals surface area contributed by atoms with Crippen LogP contribution in [0, 0.1) is 0 Å². The van der Waals surface area contributed by atoms with E-state index < -0.39 is 108 Å². The lowest BCUT2D eigenvalue weighted by Gasteiger charge is -2.47. The third kappa shape index (κ3) is 5.52. The standard InChI is InChI=1S/C27H32O15/c28-8-14-18(33)20(35)22(37)24(41-14)12-7-27(40,26-23(38)21(36)19(34)15(9-29)42-26)25(39)16(17(12)32)13(31)6-3-10-1-4-11(30)5-2-10/h1-7,14-15,18-24,26,28-30,33-40H,8-9H2/b6-3+. The zero-order valence-corrected chi connectivity index (χ0v) is 21.8. The first-order valence-electron chi connectivity index (χ1n) is 12.8. The van der Waals surface area contributed by atoms with Crippen LogP contribution in [0.1, 0.15) is 5.56 Å². The molecule has 0 radical (unpaired) electrons. The third-order valence-corrected chi connectivity index (χ3v) is 7.57. The Balaban J connectivity index is 1.84. The molecule has 2 fully saturated rings. The van der Waals surface area contributed by atoms with Crippen molar-refractivity contribution in [1.82, 2.24) is 0 Å². The molecule has 1 aromatic carbocycles. The molecular formula is C27H32O15. The van der Waals surface area contributed by atoms with Gasteiger partial charge in [0, 0.05) is 5.57 Å². The minimum absolute atomic E-state index is 0.0693. The van der Waals surface area contributed by atoms with Crippen LogP contribution >= 0.6 is 0 Å². The number of aliphatic hydroxyl groups is 10. The molecule has 1 aromatic rings. The molecule has 0 spiro atoms. The fraction of sp³-hybridized carbons (Fsp3) is 0.481. The molecule has 15 heteroatoms. The summed E-state index contributed by atoms with van der Waals surface area (Å²) in [7, 11) is 0. The molecule has 42 heavy (non-hydrogen) atoms. The van der Waals surface area contributed by atoms with E-state index in [9.17, 15) is 65.8 Å². The van der Waals surface area contributed by atoms with Crippen LogP contribution in [-0.2, 0) is 19.1 Å². The van der Waals surface area contributed by atoms with Crippen LogP contribution in [0.3, 0.4) is 0 Å². The van der Waals surface area contributed by atoms with Gasteiger partial charge in [-0.15, -0.1) is 0 Å². The maximum atomic E-state index is 13.6. The average Bonchev–Trinajstić information content (AvgIpc) is 2.97. The van der Waals surface area contributed by atoms with E-state index in [2.05, 4.69) is 0 Å². The van der Waals surface area contributed by atoms with Crippen molar-refractivity contribution in [3.8, 4) is 5.75 Å². The molecule has 2 heterocycles. The topological polar surface area (TPSA) is 275 Å². The number of carbonyl (C=O) groups is 2. The number of ether oxygens (including phenoxy) is 2. The highest BCUT2D eigenvalue weighted by Crippen LogP contribution is 2.41. The van der Waals surface area contributed by atoms with Gasteiger partial charge in [0.05, 0.1) is 13.2 Å². The van der Waals surface area contributed by atoms with E-state index in [-0.39, 0.29) is 5.75 Å². The number of aromatic hydroxyl groups is 1. The maximum Gasteiger partial charge on any atom is 0.198 e. The van der Waals surface area contributed by atoms with Crippen molar-refractivity contribution >= 4 is 17.6 Å². The second kappa shape index (κ2) is 12.3. The number of phenolic OH excluding ortho intramolecular Hbond substituents is 1. The number of allylic oxidation sites excluding steroid dienone is 2. The predicted molar refractivity (Wildman–Crippen MR) is 137 cm³/mol. The summed E-state index contributed by atoms with van der Waals surface area (Å²) in [6.45, 7) is -1.81. The summed E-state index contributed by atoms with van der Waals surface area (Å²) < 4.78 is 10.8. The molecule has 230 valence electrons. The van der Waals surface area contributed by atoms with Crippen LogP contribution in [0.4, 0.5) is 0 Å². The summed E-state index contributed by atoms with van der Waals surface area (Å²) in [6, 6.07) is 5.45. The molecule has 2 saturated heterocycles. The van der Waals surface area contributed by atoms with Gasteiger partial charge in [0.1, 0.15) is 78.1 Å². The first-order valence-corrected chi connectivity index (χ1v) is 12.8. The van der Waals surface area contributed by atoms with E-state index in [1.807, 2.05) is 0 Å². The number of hydrogen-bond acceptors (Lipinski definition) is 15. The average molecular weight is 597 g/mol. The van der Waals surface area contributed by atoms with E-state index in [4.69, 9.17) is 9.47 Å². The number of carbonyl (C=O) groups excluding carboxylic acids is 2. The Morgan fingerprint density at radius 2 is 1.36 bits per heavy atom. The molecule has 15 nitrogen and oxygen atoms in total. The molecule has 3 aliphatic rings. The Hall–Kier alpha value is -3.06. The quantitative estimate of drug-likeness (QED) is 0.105. The van der Waals surface area contributed by atoms with Gasteiger partial charge in [0.15, 0.2) is 17.2 Å². The molecule has 11 N–H and O–H groups in total. The highest BCUT2D eigenvalue weighted by molar-refractivity contribution is 6.31. The summed E-state index contributed by atoms with van der Waals surface area (Å²) in [5.41, 5.74) is -4.53. The van der Waals surface area contributed by atoms with Crippen LogP contribution in [0.2, 0.25) is 0 Å². The Morgan fingerprint density at radius 3 is 1.93 bits per heavy atom. The van der Waals surface area contributed by atoms with Gasteiger partial charge >= 0.3 is 0 Å². The molecule has 11 unspecified atom stereocenters. The lowest BCUT2D eigenvalue weighted by Crippen LogP contribution is -2.66. The van der Waals surface area contributed by atoms with Gasteiger partial charge in [-0.25, -0.2) is 0 Å². The molecule has 0 bridgehead atoms. The zero-order chi connectivity index (χ0) is 31.1. The summed E-state index contributed by atoms with van der Waals surface area (Å²) in [6.07, 6.45) is -16.5. The Bertz CT molecular complexity index is 1270. The maximum absolute atomic E-state index is 13.6. The highest BCUT2D eigenvalue weighted by Gasteiger charge is 2.58. The number of Topliss-reactive ketones (excluding diaryl/α,β-unsaturated/α-hetero) is 1. The number of benzene rings is 1. The van der Waals surface area contributed by atoms with Crippen molar-refractivity contribution in [2.75, 3.05) is 13.2 Å². The third-order valence-electron chi connectivity index (χ3n) is 7.57. The molecule has 11 atom stereocenters. The van der Waals surface area contributed by atoms with Crippen molar-refractivity contribution in [1.29, 1.82) is 0 Å². The van der Waals surface area contributed by atoms with Gasteiger partial charge in [-0.05, 0) is 29.8 Å². The number of rotatable bonds is 7. The predicted octanol–water partition coefficient (Wildman–Crippen LogP) is -4.29. The Kier molecular flexibility index (Phi) is 9.31. The van der Waals surface area contributed by atoms with Gasteiger partial charge in [-0.1, -0.05) is 18.2 Å². The number of aliphatic hydroxyl groups excluding tert-OH is 9. The lowest BCUT2D eigenvalue weighted by molar-refractivity contribution is -0.260. The summed E-state index contributed by atoms with van der Waals surface area (Å²) in [4.78, 5) is 27.0. The summed E-state index contributed by atoms with van der Waals surface area (Å²) >= 11 is 0. The molecule has 0 saturated carbocycles. The zero-order valence-electron chi connectivity index (χ0n) is 21.8. The fourth-order valence-corrected chi connectivity index (χ4v) is 5.14. The fourth-order valence-electron chi connectivity index (χ4n) is 5.14. The molecule has 0 amide bonds. The van der Waals surface area contributed by atoms with Crippen LogP contribution < -0.4 is 0 Å². The van der Waals surface area contributed by atoms with Gasteiger partial charge < -0.3 is 65.6 Å². The van der Waals surface area contributed by atoms with E-state index in [1.165, 1.54) is 30.3 Å². The summed E-state index contributed by atoms with van der Waals surface area (Å²) in [5, 5.41) is 114. The molecule has 1 aliphatic carbocycles. The first kappa shape index (κ1) is 31.9. The van der Waals surface area contributed by atoms with Gasteiger partial charge in [-0.3, -0.25) is 9.59 Å². The van der Waals surface area contributed by atoms with Crippen molar-refractivity contribution in [3.05, 3.63) is 58.9 Å². The van der Waals surface area contributed by atoms with Gasteiger partial charge in [0.2, 0.25) is 0 Å². The van der Waals surface area contributed by atoms with E-state index in [1.54, 1.807) is 0 Å². The van der Waals surface area contributed by atoms with Crippen LogP contribution in [-0.4, -0.2) is 148 Å². The van der Waals surface area contributed by atoms with E-state index >= 15 is 0 Å². The smallest absolute Gasteiger partial charge is 0.198 e. The molecule has 4 rings (SSSR count). The normalized spacial score (nSPS) is 39.5. The second-order valence-electron chi connectivity index (χ2n) is 10.3. The van der Waals surface area contributed by atoms with Crippen LogP contribution in [0.5, 0.6) is 5.75 Å². The minimum atomic E-state index is -3.05. The van der Waals surface area contributed by atoms with Crippen LogP contribution in [0.15, 0.2) is 53.3 Å². The van der Waals surface area contributed by atoms with Crippen LogP contribution in [0.25, 0.3) is 6.08 Å². The largest absolute Gasteiger partial charge is 0.508 e. The molecular weight excluding hydrogens is 564 g/mol. The first-order chi connectivity index (χ1) is 19.8. The van der Waals surface area contributed by atoms with Crippen molar-refractivity contribution < 1.29 is 75.2 Å². The summed E-state index contributed by atoms with van der Waals surface area (Å²) in [5.74, 6) is -3.94. The number of hydrogen-bond donors (Lipinski definition) is 11. The molecule has 0 aromatic heterocycles. The van der Waals surface area contributed by atoms with Crippen molar-refractivity contribution in [2.45, 2.75) is 66.6 Å². The number of phenols is 1. The Labute approximate surface area is 237 Å². The van der Waals surface area contributed by atoms with Gasteiger partial charge in [-0.2, -0.15) is 0 Å². The lowest BCUT2D eigenvalue weighted by atomic mass is 9.74. The molecule has 2 aliphatic heterocycles. The SMILES string of the molecule is O=C(/C=C/c1ccc(O)cc1)C1=C(O)C(O)(C2OC(CO)C(O)C(O)C2O)C=C(C2OC(CO)C(O)C(O)C2O)C1=O. The minimum Gasteiger partial charge on any atom is -0.508 e. The Morgan fingerprint density at radius 1 is 0.810 bits per heavy atom. The van der Waals surface area contributed by atoms with E-state index in [0.29, 0.717) is 11.6 Å². The monoisotopic (exact) mass is 596 g/mol. The van der Waals surface area contributed by atoms with Gasteiger partial charge in [0.25, 0.3) is 0 Å². The van der Waals surface area contributed by atoms with Crippen molar-refractivity contribution in [2.24, 2.45) is 0 Å². The second-order valence-corrected chi connectivity index (χ2v) is 10.3. The van der Waals surface area contributed by atoms with Crippen molar-refractivity contribution in [3.63, 3.8) is 0 Å². The van der Waals surface area contributed by atoms with E-state index in [0.717, 1.165) is 6.08 Å². The number of ketones is 2. The highest BCUT2D eigenvalue weighted by atomic mass is 16.6.